The molecule has 0 aliphatic rings. The summed E-state index contributed by atoms with van der Waals surface area (Å²) >= 11 is 0. The largest absolute Gasteiger partial charge is 0.455 e. The molecule has 2 aromatic rings. The predicted molar refractivity (Wildman–Crippen MR) is 68.7 cm³/mol. The van der Waals surface area contributed by atoms with Crippen LogP contribution < -0.4 is 0 Å². The van der Waals surface area contributed by atoms with Crippen molar-refractivity contribution in [1.29, 1.82) is 0 Å². The van der Waals surface area contributed by atoms with Crippen LogP contribution in [0.4, 0.5) is 4.39 Å². The predicted octanol–water partition coefficient (Wildman–Crippen LogP) is 3.78. The third-order valence-electron chi connectivity index (χ3n) is 2.92. The number of fused-ring (bicyclic) bond motifs is 1. The van der Waals surface area contributed by atoms with Crippen molar-refractivity contribution in [2.45, 2.75) is 26.4 Å². The normalized spacial score (nSPS) is 11.6. The Labute approximate surface area is 105 Å². The van der Waals surface area contributed by atoms with Crippen LogP contribution in [0.5, 0.6) is 0 Å². The van der Waals surface area contributed by atoms with Crippen molar-refractivity contribution in [3.05, 3.63) is 47.8 Å². The Morgan fingerprint density at radius 1 is 1.22 bits per heavy atom. The summed E-state index contributed by atoms with van der Waals surface area (Å²) in [6.07, 6.45) is 0. The molecule has 0 aromatic heterocycles. The number of esters is 1. The van der Waals surface area contributed by atoms with E-state index in [-0.39, 0.29) is 11.8 Å². The van der Waals surface area contributed by atoms with E-state index in [1.807, 2.05) is 18.2 Å². The SMILES string of the molecule is CC(=O)OC(C)(C)c1ccc2cccc(F)c2c1. The summed E-state index contributed by atoms with van der Waals surface area (Å²) in [5.41, 5.74) is 0.0118. The molecule has 0 saturated heterocycles. The second-order valence-electron chi connectivity index (χ2n) is 4.78. The van der Waals surface area contributed by atoms with Gasteiger partial charge in [-0.2, -0.15) is 0 Å². The van der Waals surface area contributed by atoms with E-state index in [2.05, 4.69) is 0 Å². The van der Waals surface area contributed by atoms with Crippen LogP contribution in [0.25, 0.3) is 10.8 Å². The first-order valence-corrected chi connectivity index (χ1v) is 5.78. The lowest BCUT2D eigenvalue weighted by Gasteiger charge is -2.25. The van der Waals surface area contributed by atoms with Crippen LogP contribution in [0.1, 0.15) is 26.3 Å². The van der Waals surface area contributed by atoms with Crippen LogP contribution in [0.15, 0.2) is 36.4 Å². The van der Waals surface area contributed by atoms with Gasteiger partial charge in [-0.25, -0.2) is 4.39 Å². The van der Waals surface area contributed by atoms with E-state index in [0.717, 1.165) is 10.9 Å². The molecule has 18 heavy (non-hydrogen) atoms. The zero-order chi connectivity index (χ0) is 13.3. The molecule has 2 rings (SSSR count). The summed E-state index contributed by atoms with van der Waals surface area (Å²) in [6, 6.07) is 10.4. The van der Waals surface area contributed by atoms with E-state index in [4.69, 9.17) is 4.74 Å². The Kier molecular flexibility index (Phi) is 3.07. The molecule has 0 unspecified atom stereocenters. The zero-order valence-electron chi connectivity index (χ0n) is 10.7. The second-order valence-corrected chi connectivity index (χ2v) is 4.78. The molecule has 3 heteroatoms. The van der Waals surface area contributed by atoms with Crippen molar-refractivity contribution in [3.8, 4) is 0 Å². The third-order valence-corrected chi connectivity index (χ3v) is 2.92. The van der Waals surface area contributed by atoms with Gasteiger partial charge in [0.2, 0.25) is 0 Å². The van der Waals surface area contributed by atoms with E-state index >= 15 is 0 Å². The molecule has 0 fully saturated rings. The molecule has 0 spiro atoms. The van der Waals surface area contributed by atoms with Gasteiger partial charge in [-0.3, -0.25) is 4.79 Å². The highest BCUT2D eigenvalue weighted by atomic mass is 19.1. The molecule has 0 saturated carbocycles. The van der Waals surface area contributed by atoms with E-state index in [1.54, 1.807) is 26.0 Å². The van der Waals surface area contributed by atoms with E-state index < -0.39 is 5.60 Å². The highest BCUT2D eigenvalue weighted by molar-refractivity contribution is 5.84. The van der Waals surface area contributed by atoms with Crippen molar-refractivity contribution in [3.63, 3.8) is 0 Å². The second kappa shape index (κ2) is 4.41. The molecule has 0 aliphatic heterocycles. The number of rotatable bonds is 2. The summed E-state index contributed by atoms with van der Waals surface area (Å²) in [5, 5.41) is 1.37. The van der Waals surface area contributed by atoms with Gasteiger partial charge in [-0.1, -0.05) is 24.3 Å². The van der Waals surface area contributed by atoms with Crippen LogP contribution in [0.2, 0.25) is 0 Å². The Morgan fingerprint density at radius 3 is 2.61 bits per heavy atom. The molecule has 0 atom stereocenters. The van der Waals surface area contributed by atoms with Gasteiger partial charge in [-0.15, -0.1) is 0 Å². The number of hydrogen-bond donors (Lipinski definition) is 0. The van der Waals surface area contributed by atoms with Crippen LogP contribution in [0.3, 0.4) is 0 Å². The number of carbonyl (C=O) groups is 1. The van der Waals surface area contributed by atoms with E-state index in [0.29, 0.717) is 5.39 Å². The van der Waals surface area contributed by atoms with Gasteiger partial charge >= 0.3 is 5.97 Å². The number of benzene rings is 2. The lowest BCUT2D eigenvalue weighted by Crippen LogP contribution is -2.24. The van der Waals surface area contributed by atoms with Crippen molar-refractivity contribution in [1.82, 2.24) is 0 Å². The lowest BCUT2D eigenvalue weighted by atomic mass is 9.95. The minimum absolute atomic E-state index is 0.270. The fourth-order valence-corrected chi connectivity index (χ4v) is 2.03. The molecule has 0 aliphatic carbocycles. The molecule has 0 radical (unpaired) electrons. The number of ether oxygens (including phenoxy) is 1. The fourth-order valence-electron chi connectivity index (χ4n) is 2.03. The summed E-state index contributed by atoms with van der Waals surface area (Å²) in [5.74, 6) is -0.624. The minimum Gasteiger partial charge on any atom is -0.455 e. The Bertz CT molecular complexity index is 602. The molecule has 2 aromatic carbocycles. The molecule has 0 N–H and O–H groups in total. The van der Waals surface area contributed by atoms with Gasteiger partial charge in [0.1, 0.15) is 11.4 Å². The molecular formula is C15H15FO2. The first-order valence-electron chi connectivity index (χ1n) is 5.78. The smallest absolute Gasteiger partial charge is 0.303 e. The molecule has 0 heterocycles. The quantitative estimate of drug-likeness (QED) is 0.754. The Balaban J connectivity index is 2.53. The summed E-state index contributed by atoms with van der Waals surface area (Å²) in [6.45, 7) is 4.94. The van der Waals surface area contributed by atoms with Gasteiger partial charge in [0, 0.05) is 12.3 Å². The Morgan fingerprint density at radius 2 is 1.94 bits per heavy atom. The molecule has 94 valence electrons. The van der Waals surface area contributed by atoms with E-state index in [1.165, 1.54) is 13.0 Å². The van der Waals surface area contributed by atoms with Crippen molar-refractivity contribution in [2.24, 2.45) is 0 Å². The monoisotopic (exact) mass is 246 g/mol. The van der Waals surface area contributed by atoms with Crippen molar-refractivity contribution >= 4 is 16.7 Å². The van der Waals surface area contributed by atoms with Crippen LogP contribution >= 0.6 is 0 Å². The average molecular weight is 246 g/mol. The van der Waals surface area contributed by atoms with Gasteiger partial charge in [-0.05, 0) is 36.9 Å². The maximum atomic E-state index is 13.7. The molecule has 2 nitrogen and oxygen atoms in total. The lowest BCUT2D eigenvalue weighted by molar-refractivity contribution is -0.154. The standard InChI is InChI=1S/C15H15FO2/c1-10(17)18-15(2,3)12-8-7-11-5-4-6-14(16)13(11)9-12/h4-9H,1-3H3. The topological polar surface area (TPSA) is 26.3 Å². The first kappa shape index (κ1) is 12.6. The van der Waals surface area contributed by atoms with Crippen LogP contribution in [-0.2, 0) is 15.1 Å². The first-order chi connectivity index (χ1) is 8.40. The minimum atomic E-state index is -0.762. The van der Waals surface area contributed by atoms with E-state index in [9.17, 15) is 9.18 Å². The molecule has 0 bridgehead atoms. The van der Waals surface area contributed by atoms with Gasteiger partial charge in [0.05, 0.1) is 0 Å². The highest BCUT2D eigenvalue weighted by Gasteiger charge is 2.24. The maximum absolute atomic E-state index is 13.7. The van der Waals surface area contributed by atoms with Crippen molar-refractivity contribution < 1.29 is 13.9 Å². The summed E-state index contributed by atoms with van der Waals surface area (Å²) in [4.78, 5) is 11.1. The highest BCUT2D eigenvalue weighted by Crippen LogP contribution is 2.29. The van der Waals surface area contributed by atoms with Crippen LogP contribution in [0, 0.1) is 5.82 Å². The zero-order valence-corrected chi connectivity index (χ0v) is 10.7. The number of hydrogen-bond acceptors (Lipinski definition) is 2. The van der Waals surface area contributed by atoms with Gasteiger partial charge in [0.15, 0.2) is 0 Å². The maximum Gasteiger partial charge on any atom is 0.303 e. The van der Waals surface area contributed by atoms with Crippen LogP contribution in [-0.4, -0.2) is 5.97 Å². The molecular weight excluding hydrogens is 231 g/mol. The van der Waals surface area contributed by atoms with Crippen molar-refractivity contribution in [2.75, 3.05) is 0 Å². The Hall–Kier alpha value is -1.90. The number of carbonyl (C=O) groups excluding carboxylic acids is 1. The summed E-state index contributed by atoms with van der Waals surface area (Å²) < 4.78 is 19.0. The van der Waals surface area contributed by atoms with Gasteiger partial charge < -0.3 is 4.74 Å². The molecule has 0 amide bonds. The van der Waals surface area contributed by atoms with Gasteiger partial charge in [0.25, 0.3) is 0 Å². The fraction of sp³-hybridized carbons (Fsp3) is 0.267. The third kappa shape index (κ3) is 2.35. The summed E-state index contributed by atoms with van der Waals surface area (Å²) in [7, 11) is 0. The average Bonchev–Trinajstić information content (AvgIpc) is 2.27. The number of halogens is 1.